The Labute approximate surface area is 189 Å². The first-order chi connectivity index (χ1) is 14.9. The smallest absolute Gasteiger partial charge is 0.277 e. The summed E-state index contributed by atoms with van der Waals surface area (Å²) in [6, 6.07) is 5.03. The van der Waals surface area contributed by atoms with Crippen LogP contribution in [0.1, 0.15) is 15.9 Å². The van der Waals surface area contributed by atoms with Crippen LogP contribution in [0.15, 0.2) is 29.4 Å². The van der Waals surface area contributed by atoms with E-state index in [1.807, 2.05) is 28.1 Å². The highest BCUT2D eigenvalue weighted by Gasteiger charge is 2.23. The lowest BCUT2D eigenvalue weighted by molar-refractivity contribution is 0.0168. The van der Waals surface area contributed by atoms with Gasteiger partial charge in [-0.2, -0.15) is 0 Å². The monoisotopic (exact) mass is 553 g/mol. The number of nitrogens with zero attached hydrogens (tertiary/aromatic N) is 1. The van der Waals surface area contributed by atoms with Gasteiger partial charge < -0.3 is 20.0 Å². The predicted molar refractivity (Wildman–Crippen MR) is 115 cm³/mol. The van der Waals surface area contributed by atoms with E-state index in [-0.39, 0.29) is 32.1 Å². The minimum absolute atomic E-state index is 0.0746. The highest BCUT2D eigenvalue weighted by Crippen LogP contribution is 2.30. The third-order valence-electron chi connectivity index (χ3n) is 3.67. The molecule has 1 amide bonds. The topological polar surface area (TPSA) is 101 Å². The number of benzene rings is 2. The molecule has 31 heavy (non-hydrogen) atoms. The lowest BCUT2D eigenvalue weighted by Gasteiger charge is -2.15. The number of amides is 1. The molecule has 0 aromatic heterocycles. The number of ether oxygens (including phenoxy) is 1. The van der Waals surface area contributed by atoms with Gasteiger partial charge in [0, 0.05) is 16.2 Å². The fourth-order valence-electron chi connectivity index (χ4n) is 2.25. The second-order valence-corrected chi connectivity index (χ2v) is 7.07. The number of hydrogen-bond acceptors (Lipinski definition) is 7. The number of methoxy groups -OCH3 is 1. The summed E-state index contributed by atoms with van der Waals surface area (Å²) in [5, 5.41) is 14.7. The number of aliphatic hydroxyl groups excluding tert-OH is 1. The average Bonchev–Trinajstić information content (AvgIpc) is 2.74. The zero-order chi connectivity index (χ0) is 22.8. The van der Waals surface area contributed by atoms with Crippen LogP contribution < -0.4 is 10.8 Å². The Bertz CT molecular complexity index is 946. The molecular formula is C19H19F3IN3O5. The molecule has 0 aliphatic carbocycles. The SMILES string of the molecule is COCCO/N=C/c1cc(C(=O)NOCCO)c(Nc2ccc(I)cc2F)c(F)c1F. The van der Waals surface area contributed by atoms with Gasteiger partial charge in [-0.3, -0.25) is 9.63 Å². The van der Waals surface area contributed by atoms with Crippen LogP contribution in [-0.4, -0.2) is 50.8 Å². The molecule has 3 N–H and O–H groups in total. The van der Waals surface area contributed by atoms with Crippen LogP contribution in [0.4, 0.5) is 24.5 Å². The van der Waals surface area contributed by atoms with Crippen molar-refractivity contribution >= 4 is 46.1 Å². The molecule has 0 aliphatic rings. The second kappa shape index (κ2) is 12.4. The number of carbonyl (C=O) groups is 1. The minimum Gasteiger partial charge on any atom is -0.394 e. The molecule has 2 aromatic rings. The summed E-state index contributed by atoms with van der Waals surface area (Å²) in [5.74, 6) is -4.46. The Morgan fingerprint density at radius 3 is 2.65 bits per heavy atom. The summed E-state index contributed by atoms with van der Waals surface area (Å²) >= 11 is 1.89. The van der Waals surface area contributed by atoms with Crippen molar-refractivity contribution in [2.24, 2.45) is 5.16 Å². The number of hydroxylamine groups is 1. The number of oxime groups is 1. The number of anilines is 2. The molecule has 0 saturated heterocycles. The van der Waals surface area contributed by atoms with Gasteiger partial charge >= 0.3 is 0 Å². The summed E-state index contributed by atoms with van der Waals surface area (Å²) in [5.41, 5.74) is 0.421. The van der Waals surface area contributed by atoms with Crippen LogP contribution in [0.25, 0.3) is 0 Å². The maximum Gasteiger partial charge on any atom is 0.277 e. The first-order valence-electron chi connectivity index (χ1n) is 8.80. The zero-order valence-corrected chi connectivity index (χ0v) is 18.4. The van der Waals surface area contributed by atoms with Crippen LogP contribution in [-0.2, 0) is 14.4 Å². The molecule has 0 unspecified atom stereocenters. The van der Waals surface area contributed by atoms with Gasteiger partial charge in [0.2, 0.25) is 0 Å². The highest BCUT2D eigenvalue weighted by molar-refractivity contribution is 14.1. The molecule has 0 aliphatic heterocycles. The molecule has 2 aromatic carbocycles. The molecule has 0 atom stereocenters. The summed E-state index contributed by atoms with van der Waals surface area (Å²) in [6.45, 7) is -0.307. The minimum atomic E-state index is -1.44. The lowest BCUT2D eigenvalue weighted by Crippen LogP contribution is -2.26. The van der Waals surface area contributed by atoms with Crippen molar-refractivity contribution in [3.63, 3.8) is 0 Å². The number of nitrogens with one attached hydrogen (secondary N) is 2. The molecule has 0 saturated carbocycles. The molecule has 0 radical (unpaired) electrons. The van der Waals surface area contributed by atoms with Crippen molar-refractivity contribution in [3.05, 3.63) is 56.4 Å². The number of aliphatic hydroxyl groups is 1. The molecule has 0 heterocycles. The molecule has 12 heteroatoms. The Kier molecular flexibility index (Phi) is 9.97. The van der Waals surface area contributed by atoms with E-state index in [0.717, 1.165) is 12.3 Å². The summed E-state index contributed by atoms with van der Waals surface area (Å²) < 4.78 is 49.0. The van der Waals surface area contributed by atoms with Crippen molar-refractivity contribution in [2.45, 2.75) is 0 Å². The van der Waals surface area contributed by atoms with E-state index in [1.165, 1.54) is 19.2 Å². The molecule has 168 valence electrons. The van der Waals surface area contributed by atoms with Crippen molar-refractivity contribution < 1.29 is 37.5 Å². The van der Waals surface area contributed by atoms with Crippen LogP contribution in [0.5, 0.6) is 0 Å². The van der Waals surface area contributed by atoms with Crippen LogP contribution >= 0.6 is 22.6 Å². The molecule has 2 rings (SSSR count). The Balaban J connectivity index is 2.43. The van der Waals surface area contributed by atoms with E-state index in [9.17, 15) is 18.0 Å². The van der Waals surface area contributed by atoms with E-state index in [4.69, 9.17) is 19.5 Å². The van der Waals surface area contributed by atoms with Gasteiger partial charge in [-0.15, -0.1) is 0 Å². The van der Waals surface area contributed by atoms with E-state index in [1.54, 1.807) is 6.07 Å². The maximum absolute atomic E-state index is 14.9. The van der Waals surface area contributed by atoms with Crippen molar-refractivity contribution in [3.8, 4) is 0 Å². The molecule has 0 fully saturated rings. The maximum atomic E-state index is 14.9. The third kappa shape index (κ3) is 7.05. The Hall–Kier alpha value is -2.42. The van der Waals surface area contributed by atoms with Gasteiger partial charge in [0.1, 0.15) is 12.4 Å². The Morgan fingerprint density at radius 1 is 1.19 bits per heavy atom. The van der Waals surface area contributed by atoms with Crippen molar-refractivity contribution in [1.82, 2.24) is 5.48 Å². The number of hydrogen-bond donors (Lipinski definition) is 3. The standard InChI is InChI=1S/C19H19F3IN3O5/c1-29-6-7-30-24-10-11-8-13(19(28)26-31-5-4-27)18(17(22)16(11)21)25-15-3-2-12(23)9-14(15)20/h2-3,8-10,25,27H,4-7H2,1H3,(H,26,28)/b24-10+. The van der Waals surface area contributed by atoms with Crippen LogP contribution in [0.2, 0.25) is 0 Å². The summed E-state index contributed by atoms with van der Waals surface area (Å²) in [4.78, 5) is 22.0. The quantitative estimate of drug-likeness (QED) is 0.171. The average molecular weight is 553 g/mol. The van der Waals surface area contributed by atoms with Gasteiger partial charge in [-0.05, 0) is 46.9 Å². The number of rotatable bonds is 11. The molecule has 0 spiro atoms. The normalized spacial score (nSPS) is 11.0. The fourth-order valence-corrected chi connectivity index (χ4v) is 2.70. The molecular weight excluding hydrogens is 534 g/mol. The van der Waals surface area contributed by atoms with Gasteiger partial charge in [0.25, 0.3) is 5.91 Å². The third-order valence-corrected chi connectivity index (χ3v) is 4.34. The largest absolute Gasteiger partial charge is 0.394 e. The van der Waals surface area contributed by atoms with Gasteiger partial charge in [-0.25, -0.2) is 18.7 Å². The number of carbonyl (C=O) groups excluding carboxylic acids is 1. The second-order valence-electron chi connectivity index (χ2n) is 5.83. The van der Waals surface area contributed by atoms with Crippen LogP contribution in [0, 0.1) is 21.0 Å². The van der Waals surface area contributed by atoms with E-state index >= 15 is 0 Å². The first kappa shape index (κ1) is 24.8. The summed E-state index contributed by atoms with van der Waals surface area (Å²) in [7, 11) is 1.45. The van der Waals surface area contributed by atoms with Crippen LogP contribution in [0.3, 0.4) is 0 Å². The first-order valence-corrected chi connectivity index (χ1v) is 9.88. The highest BCUT2D eigenvalue weighted by atomic mass is 127. The lowest BCUT2D eigenvalue weighted by atomic mass is 10.1. The fraction of sp³-hybridized carbons (Fsp3) is 0.263. The van der Waals surface area contributed by atoms with Crippen molar-refractivity contribution in [1.29, 1.82) is 0 Å². The Morgan fingerprint density at radius 2 is 1.97 bits per heavy atom. The zero-order valence-electron chi connectivity index (χ0n) is 16.3. The van der Waals surface area contributed by atoms with Crippen molar-refractivity contribution in [2.75, 3.05) is 38.9 Å². The van der Waals surface area contributed by atoms with E-state index in [0.29, 0.717) is 3.57 Å². The van der Waals surface area contributed by atoms with E-state index in [2.05, 4.69) is 10.5 Å². The van der Waals surface area contributed by atoms with Gasteiger partial charge in [0.15, 0.2) is 11.6 Å². The van der Waals surface area contributed by atoms with Gasteiger partial charge in [0.05, 0.1) is 43.0 Å². The predicted octanol–water partition coefficient (Wildman–Crippen LogP) is 3.10. The number of halogens is 4. The molecule has 8 nitrogen and oxygen atoms in total. The molecule has 0 bridgehead atoms. The summed E-state index contributed by atoms with van der Waals surface area (Å²) in [6.07, 6.45) is 0.884. The van der Waals surface area contributed by atoms with Gasteiger partial charge in [-0.1, -0.05) is 5.16 Å². The van der Waals surface area contributed by atoms with E-state index < -0.39 is 40.2 Å².